The van der Waals surface area contributed by atoms with E-state index in [1.54, 1.807) is 11.8 Å². The van der Waals surface area contributed by atoms with E-state index in [0.717, 1.165) is 30.9 Å². The maximum absolute atomic E-state index is 12.2. The number of aromatic nitrogens is 1. The van der Waals surface area contributed by atoms with E-state index in [2.05, 4.69) is 64.6 Å². The molecule has 3 aromatic rings. The monoisotopic (exact) mass is 380 g/mol. The van der Waals surface area contributed by atoms with Crippen molar-refractivity contribution in [2.24, 2.45) is 0 Å². The summed E-state index contributed by atoms with van der Waals surface area (Å²) in [6.45, 7) is 2.26. The number of thioether (sulfide) groups is 1. The van der Waals surface area contributed by atoms with Crippen molar-refractivity contribution in [1.29, 1.82) is 0 Å². The minimum atomic E-state index is 0.0652. The van der Waals surface area contributed by atoms with Gasteiger partial charge in [-0.1, -0.05) is 48.5 Å². The second kappa shape index (κ2) is 8.63. The van der Waals surface area contributed by atoms with E-state index < -0.39 is 0 Å². The van der Waals surface area contributed by atoms with Crippen LogP contribution in [0.5, 0.6) is 0 Å². The molecule has 0 saturated carbocycles. The summed E-state index contributed by atoms with van der Waals surface area (Å²) in [5.74, 6) is 0.488. The van der Waals surface area contributed by atoms with Gasteiger partial charge in [-0.15, -0.1) is 11.8 Å². The summed E-state index contributed by atoms with van der Waals surface area (Å²) in [5, 5.41) is 4.20. The van der Waals surface area contributed by atoms with Crippen LogP contribution in [0.15, 0.2) is 65.7 Å². The molecule has 0 bridgehead atoms. The van der Waals surface area contributed by atoms with Gasteiger partial charge in [0.05, 0.1) is 11.9 Å². The number of ether oxygens (including phenoxy) is 1. The molecule has 0 unspecified atom stereocenters. The van der Waals surface area contributed by atoms with Crippen molar-refractivity contribution in [3.05, 3.63) is 66.4 Å². The van der Waals surface area contributed by atoms with Crippen LogP contribution < -0.4 is 5.32 Å². The van der Waals surface area contributed by atoms with Crippen molar-refractivity contribution in [3.8, 4) is 0 Å². The number of benzene rings is 2. The molecule has 1 aliphatic rings. The molecule has 1 amide bonds. The zero-order valence-electron chi connectivity index (χ0n) is 15.3. The average molecular weight is 381 g/mol. The van der Waals surface area contributed by atoms with Crippen LogP contribution in [0.1, 0.15) is 18.4 Å². The van der Waals surface area contributed by atoms with Crippen molar-refractivity contribution in [2.45, 2.75) is 30.4 Å². The molecule has 1 N–H and O–H groups in total. The van der Waals surface area contributed by atoms with Crippen molar-refractivity contribution in [3.63, 3.8) is 0 Å². The molecule has 1 saturated heterocycles. The highest BCUT2D eigenvalue weighted by Gasteiger charge is 2.16. The van der Waals surface area contributed by atoms with Crippen LogP contribution in [0.25, 0.3) is 10.9 Å². The molecule has 1 aromatic heterocycles. The van der Waals surface area contributed by atoms with Crippen molar-refractivity contribution in [2.75, 3.05) is 18.9 Å². The number of nitrogens with one attached hydrogen (secondary N) is 1. The van der Waals surface area contributed by atoms with E-state index in [1.807, 2.05) is 6.07 Å². The van der Waals surface area contributed by atoms with Gasteiger partial charge in [-0.05, 0) is 24.5 Å². The molecule has 2 heterocycles. The van der Waals surface area contributed by atoms with E-state index in [1.165, 1.54) is 16.5 Å². The van der Waals surface area contributed by atoms with Crippen molar-refractivity contribution >= 4 is 28.6 Å². The normalized spacial score (nSPS) is 16.7. The topological polar surface area (TPSA) is 43.3 Å². The highest BCUT2D eigenvalue weighted by atomic mass is 32.2. The van der Waals surface area contributed by atoms with E-state index in [9.17, 15) is 4.79 Å². The Balaban J connectivity index is 1.43. The largest absolute Gasteiger partial charge is 0.376 e. The van der Waals surface area contributed by atoms with Gasteiger partial charge in [0.1, 0.15) is 0 Å². The Kier molecular flexibility index (Phi) is 5.80. The molecule has 1 fully saturated rings. The average Bonchev–Trinajstić information content (AvgIpc) is 3.34. The first-order chi connectivity index (χ1) is 13.3. The Bertz CT molecular complexity index is 901. The molecule has 0 radical (unpaired) electrons. The van der Waals surface area contributed by atoms with Crippen LogP contribution in [0, 0.1) is 0 Å². The number of rotatable bonds is 7. The second-order valence-electron chi connectivity index (χ2n) is 6.85. The molecule has 2 aromatic carbocycles. The summed E-state index contributed by atoms with van der Waals surface area (Å²) < 4.78 is 7.82. The first kappa shape index (κ1) is 18.1. The second-order valence-corrected chi connectivity index (χ2v) is 7.87. The number of hydrogen-bond donors (Lipinski definition) is 1. The number of fused-ring (bicyclic) bond motifs is 1. The molecular formula is C22H24N2O2S. The molecule has 1 aliphatic heterocycles. The molecule has 0 spiro atoms. The number of carbonyl (C=O) groups excluding carboxylic acids is 1. The van der Waals surface area contributed by atoms with Gasteiger partial charge in [0, 0.05) is 41.7 Å². The summed E-state index contributed by atoms with van der Waals surface area (Å²) in [7, 11) is 0. The summed E-state index contributed by atoms with van der Waals surface area (Å²) in [4.78, 5) is 13.4. The standard InChI is InChI=1S/C22H24N2O2S/c25-22(23-13-18-9-6-12-26-18)16-27-21-15-24(14-17-7-2-1-3-8-17)20-11-5-4-10-19(20)21/h1-5,7-8,10-11,15,18H,6,9,12-14,16H2,(H,23,25)/t18-/m0/s1. The zero-order valence-corrected chi connectivity index (χ0v) is 16.1. The summed E-state index contributed by atoms with van der Waals surface area (Å²) in [5.41, 5.74) is 2.47. The Hall–Kier alpha value is -2.24. The zero-order chi connectivity index (χ0) is 18.5. The van der Waals surface area contributed by atoms with Crippen LogP contribution in [0.3, 0.4) is 0 Å². The third-order valence-electron chi connectivity index (χ3n) is 4.86. The van der Waals surface area contributed by atoms with Gasteiger partial charge < -0.3 is 14.6 Å². The maximum atomic E-state index is 12.2. The third-order valence-corrected chi connectivity index (χ3v) is 5.90. The molecule has 1 atom stereocenters. The van der Waals surface area contributed by atoms with E-state index in [0.29, 0.717) is 12.3 Å². The third kappa shape index (κ3) is 4.54. The van der Waals surface area contributed by atoms with Gasteiger partial charge in [-0.3, -0.25) is 4.79 Å². The quantitative estimate of drug-likeness (QED) is 0.628. The van der Waals surface area contributed by atoms with Crippen LogP contribution in [0.2, 0.25) is 0 Å². The van der Waals surface area contributed by atoms with Gasteiger partial charge in [0.15, 0.2) is 0 Å². The van der Waals surface area contributed by atoms with Gasteiger partial charge >= 0.3 is 0 Å². The molecule has 5 heteroatoms. The van der Waals surface area contributed by atoms with Crippen LogP contribution >= 0.6 is 11.8 Å². The summed E-state index contributed by atoms with van der Waals surface area (Å²) in [6.07, 6.45) is 4.48. The fourth-order valence-electron chi connectivity index (χ4n) is 3.47. The van der Waals surface area contributed by atoms with Gasteiger partial charge in [-0.25, -0.2) is 0 Å². The summed E-state index contributed by atoms with van der Waals surface area (Å²) in [6, 6.07) is 18.8. The predicted molar refractivity (Wildman–Crippen MR) is 110 cm³/mol. The fraction of sp³-hybridized carbons (Fsp3) is 0.318. The predicted octanol–water partition coefficient (Wildman–Crippen LogP) is 4.08. The van der Waals surface area contributed by atoms with Crippen LogP contribution in [0.4, 0.5) is 0 Å². The number of para-hydroxylation sites is 1. The lowest BCUT2D eigenvalue weighted by Crippen LogP contribution is -2.32. The lowest BCUT2D eigenvalue weighted by Gasteiger charge is -2.10. The van der Waals surface area contributed by atoms with Crippen LogP contribution in [-0.2, 0) is 16.1 Å². The van der Waals surface area contributed by atoms with Gasteiger partial charge in [0.2, 0.25) is 5.91 Å². The van der Waals surface area contributed by atoms with Crippen LogP contribution in [-0.4, -0.2) is 35.5 Å². The molecular weight excluding hydrogens is 356 g/mol. The number of carbonyl (C=O) groups is 1. The highest BCUT2D eigenvalue weighted by molar-refractivity contribution is 8.00. The Morgan fingerprint density at radius 3 is 2.78 bits per heavy atom. The maximum Gasteiger partial charge on any atom is 0.230 e. The van der Waals surface area contributed by atoms with E-state index >= 15 is 0 Å². The Labute approximate surface area is 163 Å². The Morgan fingerprint density at radius 1 is 1.15 bits per heavy atom. The first-order valence-electron chi connectivity index (χ1n) is 9.42. The minimum absolute atomic E-state index is 0.0652. The molecule has 4 nitrogen and oxygen atoms in total. The number of nitrogens with zero attached hydrogens (tertiary/aromatic N) is 1. The molecule has 27 heavy (non-hydrogen) atoms. The van der Waals surface area contributed by atoms with Gasteiger partial charge in [-0.2, -0.15) is 0 Å². The Morgan fingerprint density at radius 2 is 1.96 bits per heavy atom. The highest BCUT2D eigenvalue weighted by Crippen LogP contribution is 2.30. The number of hydrogen-bond acceptors (Lipinski definition) is 3. The lowest BCUT2D eigenvalue weighted by atomic mass is 10.2. The lowest BCUT2D eigenvalue weighted by molar-refractivity contribution is -0.119. The van der Waals surface area contributed by atoms with E-state index in [-0.39, 0.29) is 12.0 Å². The summed E-state index contributed by atoms with van der Waals surface area (Å²) >= 11 is 1.60. The first-order valence-corrected chi connectivity index (χ1v) is 10.4. The van der Waals surface area contributed by atoms with Crippen molar-refractivity contribution < 1.29 is 9.53 Å². The smallest absolute Gasteiger partial charge is 0.230 e. The SMILES string of the molecule is O=C(CSc1cn(Cc2ccccc2)c2ccccc12)NC[C@@H]1CCCO1. The van der Waals surface area contributed by atoms with Gasteiger partial charge in [0.25, 0.3) is 0 Å². The number of amides is 1. The van der Waals surface area contributed by atoms with E-state index in [4.69, 9.17) is 4.74 Å². The molecule has 4 rings (SSSR count). The minimum Gasteiger partial charge on any atom is -0.376 e. The molecule has 140 valence electrons. The fourth-order valence-corrected chi connectivity index (χ4v) is 4.38. The van der Waals surface area contributed by atoms with Crippen molar-refractivity contribution in [1.82, 2.24) is 9.88 Å². The molecule has 0 aliphatic carbocycles.